The van der Waals surface area contributed by atoms with Gasteiger partial charge < -0.3 is 20.0 Å². The Morgan fingerprint density at radius 3 is 2.19 bits per heavy atom. The maximum Gasteiger partial charge on any atom is 0.256 e. The first kappa shape index (κ1) is 25.3. The Kier molecular flexibility index (Phi) is 7.77. The lowest BCUT2D eigenvalue weighted by Crippen LogP contribution is -2.50. The van der Waals surface area contributed by atoms with Gasteiger partial charge in [0, 0.05) is 56.6 Å². The molecular formula is C30H38N4O3. The Morgan fingerprint density at radius 1 is 0.865 bits per heavy atom. The summed E-state index contributed by atoms with van der Waals surface area (Å²) in [6.45, 7) is 6.21. The number of amides is 3. The molecule has 37 heavy (non-hydrogen) atoms. The van der Waals surface area contributed by atoms with E-state index in [1.165, 1.54) is 0 Å². The number of benzene rings is 2. The maximum atomic E-state index is 13.5. The molecular weight excluding hydrogens is 464 g/mol. The van der Waals surface area contributed by atoms with E-state index in [1.54, 1.807) is 0 Å². The molecule has 3 amide bonds. The summed E-state index contributed by atoms with van der Waals surface area (Å²) >= 11 is 0. The Hall–Kier alpha value is -3.35. The summed E-state index contributed by atoms with van der Waals surface area (Å²) in [5.41, 5.74) is 3.28. The first-order valence-corrected chi connectivity index (χ1v) is 13.9. The normalized spacial score (nSPS) is 18.9. The number of rotatable bonds is 7. The quantitative estimate of drug-likeness (QED) is 0.605. The monoisotopic (exact) mass is 502 g/mol. The summed E-state index contributed by atoms with van der Waals surface area (Å²) in [5.74, 6) is 0.218. The number of piperazine rings is 1. The summed E-state index contributed by atoms with van der Waals surface area (Å²) in [6.07, 6.45) is 5.81. The van der Waals surface area contributed by atoms with Gasteiger partial charge in [0.2, 0.25) is 11.8 Å². The smallest absolute Gasteiger partial charge is 0.256 e. The highest BCUT2D eigenvalue weighted by atomic mass is 16.2. The molecule has 3 aliphatic rings. The van der Waals surface area contributed by atoms with Crippen LogP contribution in [0, 0.1) is 5.92 Å². The first-order chi connectivity index (χ1) is 18.0. The van der Waals surface area contributed by atoms with Crippen molar-refractivity contribution in [2.75, 3.05) is 49.5 Å². The zero-order valence-corrected chi connectivity index (χ0v) is 21.8. The predicted molar refractivity (Wildman–Crippen MR) is 146 cm³/mol. The van der Waals surface area contributed by atoms with Gasteiger partial charge in [-0.1, -0.05) is 43.7 Å². The van der Waals surface area contributed by atoms with Crippen LogP contribution in [0.5, 0.6) is 0 Å². The molecule has 2 aromatic rings. The van der Waals surface area contributed by atoms with Crippen LogP contribution in [-0.4, -0.2) is 66.8 Å². The average Bonchev–Trinajstić information content (AvgIpc) is 3.43. The molecule has 196 valence electrons. The van der Waals surface area contributed by atoms with Gasteiger partial charge in [-0.05, 0) is 55.9 Å². The molecule has 3 fully saturated rings. The third kappa shape index (κ3) is 5.50. The van der Waals surface area contributed by atoms with E-state index in [1.807, 2.05) is 58.3 Å². The van der Waals surface area contributed by atoms with Crippen LogP contribution in [0.4, 0.5) is 11.4 Å². The molecule has 7 nitrogen and oxygen atoms in total. The van der Waals surface area contributed by atoms with Crippen molar-refractivity contribution < 1.29 is 14.4 Å². The highest BCUT2D eigenvalue weighted by Gasteiger charge is 2.31. The lowest BCUT2D eigenvalue weighted by molar-refractivity contribution is -0.133. The number of nitrogens with zero attached hydrogens (tertiary/aromatic N) is 3. The Morgan fingerprint density at radius 2 is 1.57 bits per heavy atom. The van der Waals surface area contributed by atoms with Crippen LogP contribution in [-0.2, 0) is 9.59 Å². The Balaban J connectivity index is 1.31. The fourth-order valence-corrected chi connectivity index (χ4v) is 5.69. The van der Waals surface area contributed by atoms with Gasteiger partial charge in [-0.2, -0.15) is 0 Å². The van der Waals surface area contributed by atoms with Gasteiger partial charge in [0.05, 0.1) is 11.5 Å². The van der Waals surface area contributed by atoms with Crippen molar-refractivity contribution in [3.05, 3.63) is 59.7 Å². The fourth-order valence-electron chi connectivity index (χ4n) is 5.69. The van der Waals surface area contributed by atoms with Gasteiger partial charge in [-0.15, -0.1) is 0 Å². The topological polar surface area (TPSA) is 73.0 Å². The van der Waals surface area contributed by atoms with Crippen molar-refractivity contribution in [3.63, 3.8) is 0 Å². The third-order valence-corrected chi connectivity index (χ3v) is 8.20. The molecule has 0 bridgehead atoms. The predicted octanol–water partition coefficient (Wildman–Crippen LogP) is 4.50. The Labute approximate surface area is 219 Å². The number of carbonyl (C=O) groups is 3. The summed E-state index contributed by atoms with van der Waals surface area (Å²) < 4.78 is 0. The van der Waals surface area contributed by atoms with E-state index < -0.39 is 0 Å². The second-order valence-corrected chi connectivity index (χ2v) is 10.5. The van der Waals surface area contributed by atoms with E-state index in [0.29, 0.717) is 37.4 Å². The molecule has 1 N–H and O–H groups in total. The molecule has 2 saturated heterocycles. The molecule has 0 spiro atoms. The number of hydrogen-bond acceptors (Lipinski definition) is 4. The van der Waals surface area contributed by atoms with Gasteiger partial charge in [-0.25, -0.2) is 0 Å². The molecule has 1 atom stereocenters. The van der Waals surface area contributed by atoms with Gasteiger partial charge in [0.1, 0.15) is 0 Å². The molecule has 1 unspecified atom stereocenters. The molecule has 0 radical (unpaired) electrons. The number of carbonyl (C=O) groups excluding carboxylic acids is 3. The van der Waals surface area contributed by atoms with Crippen molar-refractivity contribution in [2.45, 2.75) is 51.4 Å². The van der Waals surface area contributed by atoms with Crippen molar-refractivity contribution in [1.82, 2.24) is 9.80 Å². The zero-order valence-electron chi connectivity index (χ0n) is 21.8. The zero-order chi connectivity index (χ0) is 25.8. The minimum atomic E-state index is -0.126. The highest BCUT2D eigenvalue weighted by Crippen LogP contribution is 2.31. The van der Waals surface area contributed by atoms with E-state index in [0.717, 1.165) is 62.9 Å². The second kappa shape index (κ2) is 11.4. The molecule has 7 heteroatoms. The Bertz CT molecular complexity index is 1120. The van der Waals surface area contributed by atoms with Gasteiger partial charge in [0.25, 0.3) is 5.91 Å². The van der Waals surface area contributed by atoms with E-state index in [2.05, 4.69) is 17.1 Å². The van der Waals surface area contributed by atoms with Crippen molar-refractivity contribution in [3.8, 4) is 0 Å². The lowest BCUT2D eigenvalue weighted by atomic mass is 9.85. The molecule has 2 heterocycles. The van der Waals surface area contributed by atoms with E-state index in [9.17, 15) is 14.4 Å². The molecule has 2 aliphatic heterocycles. The summed E-state index contributed by atoms with van der Waals surface area (Å²) in [5, 5.41) is 3.04. The van der Waals surface area contributed by atoms with Crippen LogP contribution in [0.15, 0.2) is 48.5 Å². The first-order valence-electron chi connectivity index (χ1n) is 13.9. The SMILES string of the molecule is CCC(C(=O)N1CCN(c2ccc(NC(=O)C3CCC3)cc2C(=O)N2CCCC2)CC1)c1ccccc1. The number of likely N-dealkylation sites (tertiary alicyclic amines) is 1. The number of anilines is 2. The lowest BCUT2D eigenvalue weighted by Gasteiger charge is -2.38. The number of nitrogens with one attached hydrogen (secondary N) is 1. The van der Waals surface area contributed by atoms with Crippen molar-refractivity contribution >= 4 is 29.1 Å². The van der Waals surface area contributed by atoms with E-state index in [4.69, 9.17) is 0 Å². The molecule has 0 aromatic heterocycles. The summed E-state index contributed by atoms with van der Waals surface area (Å²) in [4.78, 5) is 45.5. The van der Waals surface area contributed by atoms with Crippen LogP contribution >= 0.6 is 0 Å². The van der Waals surface area contributed by atoms with E-state index >= 15 is 0 Å². The third-order valence-electron chi connectivity index (χ3n) is 8.20. The van der Waals surface area contributed by atoms with Gasteiger partial charge in [-0.3, -0.25) is 14.4 Å². The van der Waals surface area contributed by atoms with Gasteiger partial charge in [0.15, 0.2) is 0 Å². The van der Waals surface area contributed by atoms with Crippen molar-refractivity contribution in [1.29, 1.82) is 0 Å². The van der Waals surface area contributed by atoms with Crippen LogP contribution in [0.25, 0.3) is 0 Å². The van der Waals surface area contributed by atoms with Gasteiger partial charge >= 0.3 is 0 Å². The summed E-state index contributed by atoms with van der Waals surface area (Å²) in [6, 6.07) is 15.7. The van der Waals surface area contributed by atoms with Crippen LogP contribution in [0.3, 0.4) is 0 Å². The molecule has 1 saturated carbocycles. The van der Waals surface area contributed by atoms with Crippen molar-refractivity contribution in [2.24, 2.45) is 5.92 Å². The standard InChI is InChI=1S/C30H38N4O3/c1-2-25(22-9-4-3-5-10-22)29(36)34-19-17-32(18-20-34)27-14-13-24(31-28(35)23-11-8-12-23)21-26(27)30(37)33-15-6-7-16-33/h3-5,9-10,13-14,21,23,25H,2,6-8,11-12,15-20H2,1H3,(H,31,35). The summed E-state index contributed by atoms with van der Waals surface area (Å²) in [7, 11) is 0. The molecule has 1 aliphatic carbocycles. The van der Waals surface area contributed by atoms with Crippen LogP contribution < -0.4 is 10.2 Å². The minimum Gasteiger partial charge on any atom is -0.367 e. The van der Waals surface area contributed by atoms with E-state index in [-0.39, 0.29) is 29.6 Å². The molecule has 2 aromatic carbocycles. The largest absolute Gasteiger partial charge is 0.367 e. The number of hydrogen-bond donors (Lipinski definition) is 1. The minimum absolute atomic E-state index is 0.0286. The average molecular weight is 503 g/mol. The second-order valence-electron chi connectivity index (χ2n) is 10.5. The fraction of sp³-hybridized carbons (Fsp3) is 0.500. The van der Waals surface area contributed by atoms with Crippen LogP contribution in [0.2, 0.25) is 0 Å². The van der Waals surface area contributed by atoms with Crippen LogP contribution in [0.1, 0.15) is 67.3 Å². The maximum absolute atomic E-state index is 13.5. The molecule has 5 rings (SSSR count). The highest BCUT2D eigenvalue weighted by molar-refractivity contribution is 6.02.